The molecule has 0 amide bonds. The molecule has 0 unspecified atom stereocenters. The molecular formula is C18H16O3. The summed E-state index contributed by atoms with van der Waals surface area (Å²) in [5.74, 6) is -1.58. The highest BCUT2D eigenvalue weighted by molar-refractivity contribution is 6.48. The van der Waals surface area contributed by atoms with Crippen molar-refractivity contribution in [3.63, 3.8) is 0 Å². The van der Waals surface area contributed by atoms with Crippen LogP contribution in [0.15, 0.2) is 54.6 Å². The summed E-state index contributed by atoms with van der Waals surface area (Å²) in [7, 11) is 0. The van der Waals surface area contributed by atoms with Crippen molar-refractivity contribution in [3.05, 3.63) is 76.9 Å². The number of benzene rings is 2. The van der Waals surface area contributed by atoms with E-state index in [1.54, 1.807) is 36.4 Å². The Hall–Kier alpha value is -2.68. The predicted octanol–water partition coefficient (Wildman–Crippen LogP) is 3.65. The van der Waals surface area contributed by atoms with Crippen LogP contribution in [-0.4, -0.2) is 16.7 Å². The van der Waals surface area contributed by atoms with Gasteiger partial charge in [0.2, 0.25) is 11.6 Å². The van der Waals surface area contributed by atoms with E-state index in [4.69, 9.17) is 0 Å². The molecule has 0 saturated carbocycles. The Morgan fingerprint density at radius 2 is 1.24 bits per heavy atom. The summed E-state index contributed by atoms with van der Waals surface area (Å²) in [5, 5.41) is 9.91. The number of hydrogen-bond acceptors (Lipinski definition) is 3. The van der Waals surface area contributed by atoms with Crippen molar-refractivity contribution < 1.29 is 14.7 Å². The van der Waals surface area contributed by atoms with Gasteiger partial charge in [0.15, 0.2) is 0 Å². The number of Topliss-reactive ketones (excluding diaryl/α,β-unsaturated/α-hetero) is 1. The number of ketones is 2. The molecule has 0 aliphatic rings. The summed E-state index contributed by atoms with van der Waals surface area (Å²) in [5.41, 5.74) is 2.88. The van der Waals surface area contributed by atoms with Gasteiger partial charge in [-0.15, -0.1) is 0 Å². The standard InChI is InChI=1S/C18H16O3/c1-12-3-7-14(8-4-12)16(19)11-17(20)18(21)15-9-5-13(2)6-10-15/h3-11,19H,1-2H3/b16-11-. The number of rotatable bonds is 4. The average Bonchev–Trinajstić information content (AvgIpc) is 2.47. The van der Waals surface area contributed by atoms with Gasteiger partial charge in [-0.05, 0) is 13.8 Å². The van der Waals surface area contributed by atoms with Gasteiger partial charge in [0, 0.05) is 17.2 Å². The van der Waals surface area contributed by atoms with Crippen molar-refractivity contribution in [1.29, 1.82) is 0 Å². The number of carbonyl (C=O) groups excluding carboxylic acids is 2. The van der Waals surface area contributed by atoms with Crippen LogP contribution in [0, 0.1) is 13.8 Å². The zero-order valence-corrected chi connectivity index (χ0v) is 12.0. The maximum absolute atomic E-state index is 12.0. The predicted molar refractivity (Wildman–Crippen MR) is 82.3 cm³/mol. The summed E-state index contributed by atoms with van der Waals surface area (Å²) in [4.78, 5) is 23.9. The summed E-state index contributed by atoms with van der Waals surface area (Å²) < 4.78 is 0. The molecule has 0 saturated heterocycles. The number of carbonyl (C=O) groups is 2. The van der Waals surface area contributed by atoms with Gasteiger partial charge in [-0.3, -0.25) is 9.59 Å². The lowest BCUT2D eigenvalue weighted by atomic mass is 10.0. The maximum atomic E-state index is 12.0. The molecule has 0 aromatic heterocycles. The Morgan fingerprint density at radius 1 is 0.810 bits per heavy atom. The van der Waals surface area contributed by atoms with Crippen molar-refractivity contribution in [2.45, 2.75) is 13.8 Å². The first-order valence-electron chi connectivity index (χ1n) is 6.60. The van der Waals surface area contributed by atoms with Gasteiger partial charge in [-0.25, -0.2) is 0 Å². The number of aryl methyl sites for hydroxylation is 2. The zero-order chi connectivity index (χ0) is 15.4. The van der Waals surface area contributed by atoms with E-state index >= 15 is 0 Å². The second-order valence-corrected chi connectivity index (χ2v) is 4.96. The van der Waals surface area contributed by atoms with Gasteiger partial charge in [0.05, 0.1) is 0 Å². The molecule has 0 atom stereocenters. The first-order valence-corrected chi connectivity index (χ1v) is 6.60. The van der Waals surface area contributed by atoms with Gasteiger partial charge in [0.25, 0.3) is 0 Å². The molecule has 3 heteroatoms. The highest BCUT2D eigenvalue weighted by atomic mass is 16.3. The monoisotopic (exact) mass is 280 g/mol. The molecule has 2 aromatic rings. The highest BCUT2D eigenvalue weighted by Crippen LogP contribution is 2.13. The van der Waals surface area contributed by atoms with Gasteiger partial charge in [-0.2, -0.15) is 0 Å². The third-order valence-electron chi connectivity index (χ3n) is 3.15. The number of aliphatic hydroxyl groups excluding tert-OH is 1. The highest BCUT2D eigenvalue weighted by Gasteiger charge is 2.15. The summed E-state index contributed by atoms with van der Waals surface area (Å²) in [6.07, 6.45) is 0.965. The molecule has 1 N–H and O–H groups in total. The van der Waals surface area contributed by atoms with E-state index in [-0.39, 0.29) is 5.76 Å². The van der Waals surface area contributed by atoms with E-state index in [1.165, 1.54) is 0 Å². The molecule has 21 heavy (non-hydrogen) atoms. The molecule has 0 heterocycles. The van der Waals surface area contributed by atoms with E-state index < -0.39 is 11.6 Å². The molecule has 2 aromatic carbocycles. The molecule has 0 aliphatic heterocycles. The van der Waals surface area contributed by atoms with Gasteiger partial charge >= 0.3 is 0 Å². The molecule has 0 spiro atoms. The fourth-order valence-electron chi connectivity index (χ4n) is 1.84. The van der Waals surface area contributed by atoms with Gasteiger partial charge in [0.1, 0.15) is 5.76 Å². The van der Waals surface area contributed by atoms with Crippen LogP contribution in [0.25, 0.3) is 5.76 Å². The van der Waals surface area contributed by atoms with Crippen LogP contribution >= 0.6 is 0 Å². The Labute approximate surface area is 123 Å². The smallest absolute Gasteiger partial charge is 0.233 e. The van der Waals surface area contributed by atoms with Crippen LogP contribution in [0.2, 0.25) is 0 Å². The second-order valence-electron chi connectivity index (χ2n) is 4.96. The third kappa shape index (κ3) is 3.66. The Morgan fingerprint density at radius 3 is 1.71 bits per heavy atom. The molecule has 106 valence electrons. The quantitative estimate of drug-likeness (QED) is 0.402. The minimum absolute atomic E-state index is 0.208. The first kappa shape index (κ1) is 14.7. The van der Waals surface area contributed by atoms with E-state index in [1.807, 2.05) is 26.0 Å². The van der Waals surface area contributed by atoms with Crippen LogP contribution in [0.5, 0.6) is 0 Å². The van der Waals surface area contributed by atoms with Crippen LogP contribution < -0.4 is 0 Å². The molecule has 0 radical (unpaired) electrons. The topological polar surface area (TPSA) is 54.4 Å². The van der Waals surface area contributed by atoms with Crippen molar-refractivity contribution in [2.75, 3.05) is 0 Å². The normalized spacial score (nSPS) is 11.2. The van der Waals surface area contributed by atoms with Crippen LogP contribution in [0.4, 0.5) is 0 Å². The Balaban J connectivity index is 2.19. The van der Waals surface area contributed by atoms with E-state index in [9.17, 15) is 14.7 Å². The van der Waals surface area contributed by atoms with Gasteiger partial charge < -0.3 is 5.11 Å². The summed E-state index contributed by atoms with van der Waals surface area (Å²) >= 11 is 0. The minimum atomic E-state index is -0.739. The zero-order valence-electron chi connectivity index (χ0n) is 12.0. The summed E-state index contributed by atoms with van der Waals surface area (Å²) in [6.45, 7) is 3.83. The molecular weight excluding hydrogens is 264 g/mol. The van der Waals surface area contributed by atoms with Crippen molar-refractivity contribution >= 4 is 17.3 Å². The SMILES string of the molecule is Cc1ccc(C(=O)C(=O)/C=C(\O)c2ccc(C)cc2)cc1. The summed E-state index contributed by atoms with van der Waals surface area (Å²) in [6, 6.07) is 13.8. The number of hydrogen-bond donors (Lipinski definition) is 1. The molecule has 0 fully saturated rings. The minimum Gasteiger partial charge on any atom is -0.507 e. The van der Waals surface area contributed by atoms with E-state index in [0.29, 0.717) is 11.1 Å². The molecule has 3 nitrogen and oxygen atoms in total. The average molecular weight is 280 g/mol. The fraction of sp³-hybridized carbons (Fsp3) is 0.111. The fourth-order valence-corrected chi connectivity index (χ4v) is 1.84. The van der Waals surface area contributed by atoms with Crippen molar-refractivity contribution in [2.24, 2.45) is 0 Å². The van der Waals surface area contributed by atoms with Crippen molar-refractivity contribution in [3.8, 4) is 0 Å². The van der Waals surface area contributed by atoms with E-state index in [2.05, 4.69) is 0 Å². The van der Waals surface area contributed by atoms with Crippen LogP contribution in [0.1, 0.15) is 27.0 Å². The molecule has 0 aliphatic carbocycles. The largest absolute Gasteiger partial charge is 0.507 e. The Kier molecular flexibility index (Phi) is 4.33. The Bertz CT molecular complexity index is 692. The van der Waals surface area contributed by atoms with E-state index in [0.717, 1.165) is 17.2 Å². The number of allylic oxidation sites excluding steroid dienone is 1. The lowest BCUT2D eigenvalue weighted by Gasteiger charge is -2.01. The van der Waals surface area contributed by atoms with Gasteiger partial charge in [-0.1, -0.05) is 59.7 Å². The van der Waals surface area contributed by atoms with Crippen LogP contribution in [0.3, 0.4) is 0 Å². The number of aliphatic hydroxyl groups is 1. The third-order valence-corrected chi connectivity index (χ3v) is 3.15. The first-order chi connectivity index (χ1) is 9.97. The maximum Gasteiger partial charge on any atom is 0.233 e. The lowest BCUT2D eigenvalue weighted by molar-refractivity contribution is -0.110. The van der Waals surface area contributed by atoms with Crippen LogP contribution in [-0.2, 0) is 4.79 Å². The molecule has 0 bridgehead atoms. The lowest BCUT2D eigenvalue weighted by Crippen LogP contribution is -2.12. The molecule has 2 rings (SSSR count). The second kappa shape index (κ2) is 6.18. The van der Waals surface area contributed by atoms with Crippen molar-refractivity contribution in [1.82, 2.24) is 0 Å².